The highest BCUT2D eigenvalue weighted by atomic mass is 16.5. The number of aliphatic hydroxyl groups is 3. The minimum atomic E-state index is -1.06. The van der Waals surface area contributed by atoms with Gasteiger partial charge in [0.05, 0.1) is 0 Å². The molecule has 4 heteroatoms. The molecule has 0 bridgehead atoms. The predicted octanol–water partition coefficient (Wildman–Crippen LogP) is -0.862. The molecule has 0 saturated carbocycles. The lowest BCUT2D eigenvalue weighted by Gasteiger charge is -2.01. The van der Waals surface area contributed by atoms with Gasteiger partial charge in [-0.15, -0.1) is 0 Å². The summed E-state index contributed by atoms with van der Waals surface area (Å²) in [6.07, 6.45) is -1.31. The molecule has 0 aliphatic carbocycles. The van der Waals surface area contributed by atoms with Crippen LogP contribution in [0.4, 0.5) is 0 Å². The van der Waals surface area contributed by atoms with Crippen molar-refractivity contribution < 1.29 is 20.1 Å². The second-order valence-electron chi connectivity index (χ2n) is 1.85. The Morgan fingerprint density at radius 2 is 2.22 bits per heavy atom. The molecule has 1 rings (SSSR count). The quantitative estimate of drug-likeness (QED) is 0.375. The maximum atomic E-state index is 8.85. The van der Waals surface area contributed by atoms with E-state index in [0.29, 0.717) is 6.26 Å². The van der Waals surface area contributed by atoms with Crippen molar-refractivity contribution in [1.29, 1.82) is 0 Å². The summed E-state index contributed by atoms with van der Waals surface area (Å²) in [5.74, 6) is 0.0301. The van der Waals surface area contributed by atoms with Crippen LogP contribution in [0.1, 0.15) is 0 Å². The Kier molecular flexibility index (Phi) is 1.59. The van der Waals surface area contributed by atoms with E-state index in [1.165, 1.54) is 0 Å². The first kappa shape index (κ1) is 6.38. The molecule has 1 fully saturated rings. The molecule has 0 aromatic carbocycles. The Morgan fingerprint density at radius 1 is 1.56 bits per heavy atom. The van der Waals surface area contributed by atoms with Gasteiger partial charge in [-0.2, -0.15) is 0 Å². The molecule has 3 N–H and O–H groups in total. The molecular formula is C5H8O4. The normalized spacial score (nSPS) is 39.1. The van der Waals surface area contributed by atoms with Gasteiger partial charge in [-0.1, -0.05) is 0 Å². The first-order valence-corrected chi connectivity index (χ1v) is 2.59. The van der Waals surface area contributed by atoms with Crippen LogP contribution in [-0.2, 0) is 4.74 Å². The highest BCUT2D eigenvalue weighted by Gasteiger charge is 2.29. The van der Waals surface area contributed by atoms with E-state index in [1.54, 1.807) is 0 Å². The van der Waals surface area contributed by atoms with Gasteiger partial charge in [-0.05, 0) is 0 Å². The maximum absolute atomic E-state index is 8.85. The Morgan fingerprint density at radius 3 is 2.44 bits per heavy atom. The van der Waals surface area contributed by atoms with Gasteiger partial charge in [-0.3, -0.25) is 0 Å². The van der Waals surface area contributed by atoms with Crippen LogP contribution in [-0.4, -0.2) is 34.1 Å². The fourth-order valence-corrected chi connectivity index (χ4v) is 0.661. The highest BCUT2D eigenvalue weighted by molar-refractivity contribution is 5.03. The molecule has 2 atom stereocenters. The lowest BCUT2D eigenvalue weighted by Crippen LogP contribution is -2.21. The lowest BCUT2D eigenvalue weighted by atomic mass is 10.2. The van der Waals surface area contributed by atoms with E-state index in [2.05, 4.69) is 4.74 Å². The summed E-state index contributed by atoms with van der Waals surface area (Å²) in [6.45, 7) is 0.0492. The van der Waals surface area contributed by atoms with Crippen molar-refractivity contribution >= 4 is 0 Å². The summed E-state index contributed by atoms with van der Waals surface area (Å²) in [5.41, 5.74) is 0. The fourth-order valence-electron chi connectivity index (χ4n) is 0.661. The van der Waals surface area contributed by atoms with Gasteiger partial charge < -0.3 is 20.1 Å². The molecule has 1 saturated heterocycles. The van der Waals surface area contributed by atoms with Gasteiger partial charge in [0.2, 0.25) is 0 Å². The van der Waals surface area contributed by atoms with Crippen molar-refractivity contribution in [2.45, 2.75) is 12.2 Å². The summed E-state index contributed by atoms with van der Waals surface area (Å²) < 4.78 is 4.64. The van der Waals surface area contributed by atoms with Gasteiger partial charge in [-0.25, -0.2) is 0 Å². The van der Waals surface area contributed by atoms with Crippen LogP contribution in [0.25, 0.3) is 0 Å². The zero-order valence-corrected chi connectivity index (χ0v) is 4.69. The Hall–Kier alpha value is -0.740. The Balaban J connectivity index is 2.62. The molecule has 2 unspecified atom stereocenters. The smallest absolute Gasteiger partial charge is 0.161 e. The van der Waals surface area contributed by atoms with Crippen molar-refractivity contribution in [2.75, 3.05) is 6.61 Å². The summed E-state index contributed by atoms with van der Waals surface area (Å²) in [7, 11) is 0. The average Bonchev–Trinajstić information content (AvgIpc) is 2.15. The molecular weight excluding hydrogens is 124 g/mol. The van der Waals surface area contributed by atoms with Gasteiger partial charge in [0, 0.05) is 0 Å². The monoisotopic (exact) mass is 132 g/mol. The molecule has 52 valence electrons. The van der Waals surface area contributed by atoms with Crippen LogP contribution in [0, 0.1) is 0 Å². The van der Waals surface area contributed by atoms with Crippen molar-refractivity contribution in [3.05, 3.63) is 12.0 Å². The van der Waals surface area contributed by atoms with Gasteiger partial charge in [0.25, 0.3) is 0 Å². The minimum Gasteiger partial charge on any atom is -0.512 e. The highest BCUT2D eigenvalue weighted by Crippen LogP contribution is 2.16. The molecule has 0 radical (unpaired) electrons. The van der Waals surface area contributed by atoms with E-state index in [9.17, 15) is 0 Å². The zero-order valence-electron chi connectivity index (χ0n) is 4.69. The summed E-state index contributed by atoms with van der Waals surface area (Å²) in [4.78, 5) is 0. The number of hydrogen-bond donors (Lipinski definition) is 3. The molecule has 4 nitrogen and oxygen atoms in total. The van der Waals surface area contributed by atoms with Crippen LogP contribution in [0.15, 0.2) is 12.0 Å². The molecule has 0 spiro atoms. The van der Waals surface area contributed by atoms with Gasteiger partial charge >= 0.3 is 0 Å². The van der Waals surface area contributed by atoms with Crippen molar-refractivity contribution in [3.63, 3.8) is 0 Å². The maximum Gasteiger partial charge on any atom is 0.161 e. The van der Waals surface area contributed by atoms with E-state index >= 15 is 0 Å². The number of aliphatic hydroxyl groups excluding tert-OH is 3. The molecule has 0 aromatic rings. The SMILES string of the molecule is O/C=C1\OCC(O)C1O. The predicted molar refractivity (Wildman–Crippen MR) is 28.7 cm³/mol. The third kappa shape index (κ3) is 0.988. The van der Waals surface area contributed by atoms with E-state index < -0.39 is 12.2 Å². The molecule has 9 heavy (non-hydrogen) atoms. The second kappa shape index (κ2) is 2.24. The number of ether oxygens (including phenoxy) is 1. The molecule has 1 aliphatic heterocycles. The lowest BCUT2D eigenvalue weighted by molar-refractivity contribution is 0.0637. The van der Waals surface area contributed by atoms with Crippen LogP contribution >= 0.6 is 0 Å². The fraction of sp³-hybridized carbons (Fsp3) is 0.600. The number of rotatable bonds is 0. The largest absolute Gasteiger partial charge is 0.512 e. The van der Waals surface area contributed by atoms with E-state index in [4.69, 9.17) is 15.3 Å². The first-order chi connectivity index (χ1) is 4.25. The van der Waals surface area contributed by atoms with Gasteiger partial charge in [0.1, 0.15) is 25.1 Å². The van der Waals surface area contributed by atoms with Crippen LogP contribution in [0.2, 0.25) is 0 Å². The standard InChI is InChI=1S/C5H8O4/c6-1-4-5(8)3(7)2-9-4/h1,3,5-8H,2H2/b4-1-. The molecule has 1 aliphatic rings. The van der Waals surface area contributed by atoms with Crippen molar-refractivity contribution in [3.8, 4) is 0 Å². The topological polar surface area (TPSA) is 69.9 Å². The second-order valence-corrected chi connectivity index (χ2v) is 1.85. The van der Waals surface area contributed by atoms with E-state index in [-0.39, 0.29) is 12.4 Å². The number of hydrogen-bond acceptors (Lipinski definition) is 4. The zero-order chi connectivity index (χ0) is 6.85. The van der Waals surface area contributed by atoms with Crippen LogP contribution in [0.5, 0.6) is 0 Å². The Bertz CT molecular complexity index is 131. The van der Waals surface area contributed by atoms with Crippen molar-refractivity contribution in [2.24, 2.45) is 0 Å². The van der Waals surface area contributed by atoms with Crippen LogP contribution < -0.4 is 0 Å². The molecule has 0 amide bonds. The minimum absolute atomic E-state index is 0.0301. The third-order valence-electron chi connectivity index (χ3n) is 1.20. The van der Waals surface area contributed by atoms with E-state index in [0.717, 1.165) is 0 Å². The summed E-state index contributed by atoms with van der Waals surface area (Å²) in [5, 5.41) is 25.9. The summed E-state index contributed by atoms with van der Waals surface area (Å²) >= 11 is 0. The molecule has 1 heterocycles. The molecule has 0 aromatic heterocycles. The first-order valence-electron chi connectivity index (χ1n) is 2.59. The average molecular weight is 132 g/mol. The van der Waals surface area contributed by atoms with E-state index in [1.807, 2.05) is 0 Å². The van der Waals surface area contributed by atoms with Gasteiger partial charge in [0.15, 0.2) is 5.76 Å². The summed E-state index contributed by atoms with van der Waals surface area (Å²) in [6, 6.07) is 0. The van der Waals surface area contributed by atoms with Crippen molar-refractivity contribution in [1.82, 2.24) is 0 Å². The van der Waals surface area contributed by atoms with Crippen LogP contribution in [0.3, 0.4) is 0 Å². The Labute approximate surface area is 52.0 Å². The third-order valence-corrected chi connectivity index (χ3v) is 1.20.